The number of carbonyl (C=O) groups is 2. The van der Waals surface area contributed by atoms with Crippen molar-refractivity contribution in [3.63, 3.8) is 0 Å². The molecule has 0 saturated carbocycles. The second kappa shape index (κ2) is 5.42. The predicted octanol–water partition coefficient (Wildman–Crippen LogP) is 1.08. The number of hydrogen-bond acceptors (Lipinski definition) is 4. The number of carbonyl (C=O) groups excluding carboxylic acids is 2. The van der Waals surface area contributed by atoms with Crippen LogP contribution in [0.5, 0.6) is 0 Å². The van der Waals surface area contributed by atoms with Gasteiger partial charge in [0.2, 0.25) is 11.8 Å². The summed E-state index contributed by atoms with van der Waals surface area (Å²) in [6.07, 6.45) is 3.04. The Bertz CT molecular complexity index is 452. The summed E-state index contributed by atoms with van der Waals surface area (Å²) in [5.41, 5.74) is -0.784. The molecule has 0 spiro atoms. The van der Waals surface area contributed by atoms with E-state index in [1.165, 1.54) is 0 Å². The summed E-state index contributed by atoms with van der Waals surface area (Å²) in [5.74, 6) is 0.515. The lowest BCUT2D eigenvalue weighted by Crippen LogP contribution is -2.56. The summed E-state index contributed by atoms with van der Waals surface area (Å²) >= 11 is 0. The topological polar surface area (TPSA) is 75.4 Å². The molecule has 19 heavy (non-hydrogen) atoms. The highest BCUT2D eigenvalue weighted by molar-refractivity contribution is 5.93. The van der Waals surface area contributed by atoms with Gasteiger partial charge in [-0.25, -0.2) is 0 Å². The Kier molecular flexibility index (Phi) is 3.87. The third-order valence-electron chi connectivity index (χ3n) is 3.73. The number of nitrogens with one attached hydrogen (secondary N) is 1. The molecule has 1 aromatic heterocycles. The van der Waals surface area contributed by atoms with Gasteiger partial charge < -0.3 is 14.7 Å². The van der Waals surface area contributed by atoms with E-state index in [-0.39, 0.29) is 11.8 Å². The molecule has 1 saturated heterocycles. The van der Waals surface area contributed by atoms with Crippen molar-refractivity contribution in [3.05, 3.63) is 18.0 Å². The summed E-state index contributed by atoms with van der Waals surface area (Å²) < 4.78 is 5.04. The van der Waals surface area contributed by atoms with Gasteiger partial charge in [0.1, 0.15) is 5.54 Å². The molecule has 0 bridgehead atoms. The van der Waals surface area contributed by atoms with Crippen molar-refractivity contribution >= 4 is 11.8 Å². The Balaban J connectivity index is 2.23. The van der Waals surface area contributed by atoms with E-state index in [1.807, 2.05) is 13.8 Å². The van der Waals surface area contributed by atoms with Crippen molar-refractivity contribution in [2.75, 3.05) is 6.54 Å². The number of nitrogens with zero attached hydrogens (tertiary/aromatic N) is 2. The van der Waals surface area contributed by atoms with Crippen LogP contribution < -0.4 is 5.32 Å². The molecule has 2 heterocycles. The third kappa shape index (κ3) is 2.62. The summed E-state index contributed by atoms with van der Waals surface area (Å²) in [5, 5.41) is 6.51. The third-order valence-corrected chi connectivity index (χ3v) is 3.73. The van der Waals surface area contributed by atoms with Crippen LogP contribution in [0.1, 0.15) is 38.9 Å². The second-order valence-electron chi connectivity index (χ2n) is 4.79. The summed E-state index contributed by atoms with van der Waals surface area (Å²) in [6.45, 7) is 4.60. The summed E-state index contributed by atoms with van der Waals surface area (Å²) in [4.78, 5) is 26.1. The monoisotopic (exact) mass is 265 g/mol. The SMILES string of the molecule is CCC1(CC)NC(=O)CCN(Cc2ccno2)C1=O. The van der Waals surface area contributed by atoms with Crippen LogP contribution in [0.15, 0.2) is 16.8 Å². The smallest absolute Gasteiger partial charge is 0.248 e. The molecule has 1 fully saturated rings. The van der Waals surface area contributed by atoms with Crippen molar-refractivity contribution in [1.82, 2.24) is 15.4 Å². The molecule has 1 N–H and O–H groups in total. The largest absolute Gasteiger partial charge is 0.360 e. The normalized spacial score (nSPS) is 19.2. The first-order chi connectivity index (χ1) is 9.11. The highest BCUT2D eigenvalue weighted by Gasteiger charge is 2.41. The molecule has 0 radical (unpaired) electrons. The zero-order valence-electron chi connectivity index (χ0n) is 11.3. The fraction of sp³-hybridized carbons (Fsp3) is 0.615. The first-order valence-corrected chi connectivity index (χ1v) is 6.61. The van der Waals surface area contributed by atoms with Crippen LogP contribution in [0.4, 0.5) is 0 Å². The second-order valence-corrected chi connectivity index (χ2v) is 4.79. The van der Waals surface area contributed by atoms with E-state index in [0.717, 1.165) is 0 Å². The van der Waals surface area contributed by atoms with Gasteiger partial charge >= 0.3 is 0 Å². The standard InChI is InChI=1S/C13H19N3O3/c1-3-13(4-2)12(18)16(8-6-11(17)15-13)9-10-5-7-14-19-10/h5,7H,3-4,6,8-9H2,1-2H3,(H,15,17). The predicted molar refractivity (Wildman–Crippen MR) is 68.0 cm³/mol. The van der Waals surface area contributed by atoms with E-state index in [2.05, 4.69) is 10.5 Å². The minimum Gasteiger partial charge on any atom is -0.360 e. The van der Waals surface area contributed by atoms with Crippen molar-refractivity contribution in [1.29, 1.82) is 0 Å². The first-order valence-electron chi connectivity index (χ1n) is 6.61. The Hall–Kier alpha value is -1.85. The van der Waals surface area contributed by atoms with Crippen LogP contribution >= 0.6 is 0 Å². The van der Waals surface area contributed by atoms with Crippen molar-refractivity contribution in [2.45, 2.75) is 45.2 Å². The molecule has 104 valence electrons. The molecule has 6 heteroatoms. The van der Waals surface area contributed by atoms with Crippen molar-refractivity contribution in [3.8, 4) is 0 Å². The van der Waals surface area contributed by atoms with Crippen LogP contribution in [-0.2, 0) is 16.1 Å². The van der Waals surface area contributed by atoms with E-state index in [4.69, 9.17) is 4.52 Å². The quantitative estimate of drug-likeness (QED) is 0.884. The van der Waals surface area contributed by atoms with Gasteiger partial charge in [-0.05, 0) is 12.8 Å². The lowest BCUT2D eigenvalue weighted by Gasteiger charge is -2.33. The van der Waals surface area contributed by atoms with Gasteiger partial charge in [0.25, 0.3) is 0 Å². The maximum Gasteiger partial charge on any atom is 0.248 e. The molecule has 1 aromatic rings. The average molecular weight is 265 g/mol. The van der Waals surface area contributed by atoms with Crippen LogP contribution in [0.3, 0.4) is 0 Å². The van der Waals surface area contributed by atoms with Crippen LogP contribution in [0.2, 0.25) is 0 Å². The van der Waals surface area contributed by atoms with Gasteiger partial charge in [0.15, 0.2) is 5.76 Å². The van der Waals surface area contributed by atoms with Gasteiger partial charge in [0.05, 0.1) is 12.7 Å². The lowest BCUT2D eigenvalue weighted by molar-refractivity contribution is -0.140. The lowest BCUT2D eigenvalue weighted by atomic mass is 9.91. The molecule has 0 aliphatic carbocycles. The molecule has 1 aliphatic heterocycles. The molecule has 0 unspecified atom stereocenters. The molecular formula is C13H19N3O3. The van der Waals surface area contributed by atoms with E-state index >= 15 is 0 Å². The minimum atomic E-state index is -0.784. The summed E-state index contributed by atoms with van der Waals surface area (Å²) in [7, 11) is 0. The van der Waals surface area contributed by atoms with Crippen LogP contribution in [0.25, 0.3) is 0 Å². The van der Waals surface area contributed by atoms with Gasteiger partial charge in [-0.15, -0.1) is 0 Å². The molecule has 0 aromatic carbocycles. The van der Waals surface area contributed by atoms with Crippen LogP contribution in [-0.4, -0.2) is 34.0 Å². The molecule has 2 rings (SSSR count). The van der Waals surface area contributed by atoms with Gasteiger partial charge in [-0.3, -0.25) is 9.59 Å². The number of aromatic nitrogens is 1. The van der Waals surface area contributed by atoms with Gasteiger partial charge in [0, 0.05) is 19.0 Å². The maximum absolute atomic E-state index is 12.7. The molecule has 1 aliphatic rings. The molecular weight excluding hydrogens is 246 g/mol. The highest BCUT2D eigenvalue weighted by Crippen LogP contribution is 2.23. The van der Waals surface area contributed by atoms with Gasteiger partial charge in [-0.1, -0.05) is 19.0 Å². The number of hydrogen-bond donors (Lipinski definition) is 1. The maximum atomic E-state index is 12.7. The Morgan fingerprint density at radius 2 is 2.16 bits per heavy atom. The van der Waals surface area contributed by atoms with E-state index in [0.29, 0.717) is 38.1 Å². The minimum absolute atomic E-state index is 0.0419. The Morgan fingerprint density at radius 1 is 1.42 bits per heavy atom. The number of rotatable bonds is 4. The first kappa shape index (κ1) is 13.6. The van der Waals surface area contributed by atoms with Crippen molar-refractivity contribution in [2.24, 2.45) is 0 Å². The van der Waals surface area contributed by atoms with Crippen LogP contribution in [0, 0.1) is 0 Å². The van der Waals surface area contributed by atoms with E-state index in [9.17, 15) is 9.59 Å². The average Bonchev–Trinajstić information content (AvgIpc) is 2.89. The highest BCUT2D eigenvalue weighted by atomic mass is 16.5. The fourth-order valence-corrected chi connectivity index (χ4v) is 2.42. The van der Waals surface area contributed by atoms with E-state index < -0.39 is 5.54 Å². The zero-order chi connectivity index (χ0) is 13.9. The van der Waals surface area contributed by atoms with E-state index in [1.54, 1.807) is 17.2 Å². The Morgan fingerprint density at radius 3 is 2.74 bits per heavy atom. The fourth-order valence-electron chi connectivity index (χ4n) is 2.42. The molecule has 6 nitrogen and oxygen atoms in total. The summed E-state index contributed by atoms with van der Waals surface area (Å²) in [6, 6.07) is 1.73. The Labute approximate surface area is 112 Å². The van der Waals surface area contributed by atoms with Gasteiger partial charge in [-0.2, -0.15) is 0 Å². The van der Waals surface area contributed by atoms with Crippen molar-refractivity contribution < 1.29 is 14.1 Å². The molecule has 0 atom stereocenters. The number of amides is 2. The zero-order valence-corrected chi connectivity index (χ0v) is 11.3. The molecule has 2 amide bonds.